The van der Waals surface area contributed by atoms with Gasteiger partial charge in [0.25, 0.3) is 0 Å². The zero-order valence-electron chi connectivity index (χ0n) is 13.7. The Kier molecular flexibility index (Phi) is 3.76. The van der Waals surface area contributed by atoms with E-state index in [0.29, 0.717) is 0 Å². The molecule has 3 aromatic rings. The Balaban J connectivity index is 1.62. The molecule has 0 saturated heterocycles. The van der Waals surface area contributed by atoms with Crippen molar-refractivity contribution in [2.45, 2.75) is 18.7 Å². The van der Waals surface area contributed by atoms with E-state index in [0.717, 1.165) is 39.0 Å². The van der Waals surface area contributed by atoms with Crippen LogP contribution in [0.3, 0.4) is 0 Å². The average molecular weight is 427 g/mol. The van der Waals surface area contributed by atoms with E-state index in [2.05, 4.69) is 38.8 Å². The number of hydrogen-bond donors (Lipinski definition) is 1. The van der Waals surface area contributed by atoms with Crippen molar-refractivity contribution in [2.75, 3.05) is 0 Å². The smallest absolute Gasteiger partial charge is 0.214 e. The lowest BCUT2D eigenvalue weighted by molar-refractivity contribution is -0.0188. The Labute approximate surface area is 163 Å². The van der Waals surface area contributed by atoms with Crippen LogP contribution in [-0.4, -0.2) is 15.8 Å². The Morgan fingerprint density at radius 3 is 2.88 bits per heavy atom. The molecule has 26 heavy (non-hydrogen) atoms. The fraction of sp³-hybridized carbons (Fsp3) is 0.150. The van der Waals surface area contributed by atoms with Gasteiger partial charge in [0.2, 0.25) is 6.23 Å². The predicted molar refractivity (Wildman–Crippen MR) is 106 cm³/mol. The summed E-state index contributed by atoms with van der Waals surface area (Å²) in [5.74, 6) is 1.15. The molecular weight excluding hydrogens is 412 g/mol. The Hall–Kier alpha value is -2.31. The van der Waals surface area contributed by atoms with Gasteiger partial charge < -0.3 is 9.84 Å². The number of hydrazone groups is 1. The molecule has 130 valence electrons. The summed E-state index contributed by atoms with van der Waals surface area (Å²) in [6.07, 6.45) is 0.466. The molecule has 0 amide bonds. The molecule has 0 fully saturated rings. The van der Waals surface area contributed by atoms with E-state index in [1.165, 1.54) is 0 Å². The van der Waals surface area contributed by atoms with Gasteiger partial charge in [-0.05, 0) is 47.2 Å². The van der Waals surface area contributed by atoms with Gasteiger partial charge in [0.15, 0.2) is 0 Å². The van der Waals surface area contributed by atoms with Crippen molar-refractivity contribution in [1.29, 1.82) is 0 Å². The average Bonchev–Trinajstić information content (AvgIpc) is 3.32. The number of phenolic OH excluding ortho intramolecular Hbond substituents is 1. The van der Waals surface area contributed by atoms with Crippen LogP contribution in [0.15, 0.2) is 68.9 Å². The summed E-state index contributed by atoms with van der Waals surface area (Å²) in [6.45, 7) is 0. The largest absolute Gasteiger partial charge is 0.507 e. The molecule has 0 saturated carbocycles. The molecule has 5 rings (SSSR count). The first-order valence-electron chi connectivity index (χ1n) is 8.33. The van der Waals surface area contributed by atoms with Crippen molar-refractivity contribution < 1.29 is 9.84 Å². The van der Waals surface area contributed by atoms with Crippen molar-refractivity contribution in [3.63, 3.8) is 0 Å². The summed E-state index contributed by atoms with van der Waals surface area (Å²) in [5.41, 5.74) is 3.86. The lowest BCUT2D eigenvalue weighted by Gasteiger charge is -2.37. The van der Waals surface area contributed by atoms with Gasteiger partial charge in [-0.1, -0.05) is 28.1 Å². The quantitative estimate of drug-likeness (QED) is 0.591. The molecular formula is C20H15BrN2O2S. The van der Waals surface area contributed by atoms with Crippen molar-refractivity contribution in [3.05, 3.63) is 80.5 Å². The lowest BCUT2D eigenvalue weighted by atomic mass is 9.96. The van der Waals surface area contributed by atoms with Crippen LogP contribution >= 0.6 is 27.3 Å². The molecule has 2 unspecified atom stereocenters. The molecule has 2 aromatic carbocycles. The molecule has 0 bridgehead atoms. The van der Waals surface area contributed by atoms with Crippen LogP contribution in [-0.2, 0) is 0 Å². The highest BCUT2D eigenvalue weighted by atomic mass is 79.9. The van der Waals surface area contributed by atoms with Gasteiger partial charge in [-0.3, -0.25) is 0 Å². The van der Waals surface area contributed by atoms with Crippen LogP contribution < -0.4 is 4.74 Å². The number of halogens is 1. The van der Waals surface area contributed by atoms with E-state index >= 15 is 0 Å². The van der Waals surface area contributed by atoms with Gasteiger partial charge in [0.1, 0.15) is 11.5 Å². The number of thiophene rings is 1. The molecule has 1 N–H and O–H groups in total. The van der Waals surface area contributed by atoms with E-state index in [4.69, 9.17) is 9.84 Å². The van der Waals surface area contributed by atoms with Crippen LogP contribution in [0.4, 0.5) is 0 Å². The second kappa shape index (κ2) is 6.14. The number of benzene rings is 2. The van der Waals surface area contributed by atoms with Crippen LogP contribution in [0, 0.1) is 0 Å². The fourth-order valence-electron chi connectivity index (χ4n) is 3.57. The number of aromatic hydroxyl groups is 1. The predicted octanol–water partition coefficient (Wildman–Crippen LogP) is 5.46. The van der Waals surface area contributed by atoms with E-state index in [1.807, 2.05) is 35.3 Å². The van der Waals surface area contributed by atoms with Crippen LogP contribution in [0.2, 0.25) is 0 Å². The number of rotatable bonds is 2. The van der Waals surface area contributed by atoms with Crippen molar-refractivity contribution in [2.24, 2.45) is 5.10 Å². The molecule has 2 aliphatic rings. The molecule has 6 heteroatoms. The lowest BCUT2D eigenvalue weighted by Crippen LogP contribution is -2.33. The Morgan fingerprint density at radius 2 is 2.08 bits per heavy atom. The fourth-order valence-corrected chi connectivity index (χ4v) is 4.62. The number of fused-ring (bicyclic) bond motifs is 3. The number of ether oxygens (including phenoxy) is 1. The van der Waals surface area contributed by atoms with Crippen LogP contribution in [0.1, 0.15) is 35.4 Å². The summed E-state index contributed by atoms with van der Waals surface area (Å²) >= 11 is 5.21. The second-order valence-corrected chi connectivity index (χ2v) is 8.07. The SMILES string of the molecule is Oc1ccccc1C1=NN2C(C1)c1cc(Br)ccc1OC2c1ccsc1. The van der Waals surface area contributed by atoms with Crippen molar-refractivity contribution in [3.8, 4) is 11.5 Å². The van der Waals surface area contributed by atoms with Gasteiger partial charge in [0.05, 0.1) is 11.8 Å². The van der Waals surface area contributed by atoms with Crippen molar-refractivity contribution in [1.82, 2.24) is 5.01 Å². The number of nitrogens with zero attached hydrogens (tertiary/aromatic N) is 2. The molecule has 0 radical (unpaired) electrons. The normalized spacial score (nSPS) is 21.0. The third-order valence-corrected chi connectivity index (χ3v) is 5.99. The third-order valence-electron chi connectivity index (χ3n) is 4.80. The van der Waals surface area contributed by atoms with E-state index < -0.39 is 0 Å². The summed E-state index contributed by atoms with van der Waals surface area (Å²) in [4.78, 5) is 0. The van der Waals surface area contributed by atoms with Crippen LogP contribution in [0.5, 0.6) is 11.5 Å². The van der Waals surface area contributed by atoms with E-state index in [1.54, 1.807) is 17.4 Å². The molecule has 1 aromatic heterocycles. The van der Waals surface area contributed by atoms with Crippen molar-refractivity contribution >= 4 is 33.0 Å². The van der Waals surface area contributed by atoms with Crippen LogP contribution in [0.25, 0.3) is 0 Å². The zero-order chi connectivity index (χ0) is 17.7. The number of phenols is 1. The topological polar surface area (TPSA) is 45.1 Å². The highest BCUT2D eigenvalue weighted by molar-refractivity contribution is 9.10. The van der Waals surface area contributed by atoms with Gasteiger partial charge in [-0.15, -0.1) is 0 Å². The molecule has 2 atom stereocenters. The Morgan fingerprint density at radius 1 is 1.19 bits per heavy atom. The van der Waals surface area contributed by atoms with Gasteiger partial charge in [-0.25, -0.2) is 5.01 Å². The molecule has 4 nitrogen and oxygen atoms in total. The van der Waals surface area contributed by atoms with Gasteiger partial charge >= 0.3 is 0 Å². The minimum absolute atomic E-state index is 0.0794. The Bertz CT molecular complexity index is 1000. The second-order valence-electron chi connectivity index (χ2n) is 6.37. The summed E-state index contributed by atoms with van der Waals surface area (Å²) in [6, 6.07) is 15.6. The highest BCUT2D eigenvalue weighted by Gasteiger charge is 2.41. The van der Waals surface area contributed by atoms with Gasteiger partial charge in [0, 0.05) is 27.6 Å². The first-order chi connectivity index (χ1) is 12.7. The highest BCUT2D eigenvalue weighted by Crippen LogP contribution is 2.48. The molecule has 0 aliphatic carbocycles. The monoisotopic (exact) mass is 426 g/mol. The van der Waals surface area contributed by atoms with E-state index in [9.17, 15) is 5.11 Å². The maximum Gasteiger partial charge on any atom is 0.214 e. The summed E-state index contributed by atoms with van der Waals surface area (Å²) < 4.78 is 7.32. The number of para-hydroxylation sites is 1. The first-order valence-corrected chi connectivity index (χ1v) is 10.1. The summed E-state index contributed by atoms with van der Waals surface area (Å²) in [5, 5.41) is 21.3. The number of hydrogen-bond acceptors (Lipinski definition) is 5. The first kappa shape index (κ1) is 15.9. The molecule has 0 spiro atoms. The standard InChI is InChI=1S/C20H15BrN2O2S/c21-13-5-6-19-15(9-13)17-10-16(14-3-1-2-4-18(14)24)22-23(17)20(25-19)12-7-8-26-11-12/h1-9,11,17,20,24H,10H2. The maximum atomic E-state index is 10.3. The minimum Gasteiger partial charge on any atom is -0.507 e. The van der Waals surface area contributed by atoms with Gasteiger partial charge in [-0.2, -0.15) is 16.4 Å². The maximum absolute atomic E-state index is 10.3. The molecule has 3 heterocycles. The summed E-state index contributed by atoms with van der Waals surface area (Å²) in [7, 11) is 0. The van der Waals surface area contributed by atoms with E-state index in [-0.39, 0.29) is 18.0 Å². The zero-order valence-corrected chi connectivity index (χ0v) is 16.1. The molecule has 2 aliphatic heterocycles. The third kappa shape index (κ3) is 2.52. The minimum atomic E-state index is -0.261.